The van der Waals surface area contributed by atoms with Crippen LogP contribution in [0, 0.1) is 0 Å². The Morgan fingerprint density at radius 3 is 2.93 bits per heavy atom. The van der Waals surface area contributed by atoms with Gasteiger partial charge in [-0.3, -0.25) is 4.98 Å². The highest BCUT2D eigenvalue weighted by molar-refractivity contribution is 9.10. The molecule has 1 atom stereocenters. The molecular formula is C10H16BrN3O. The van der Waals surface area contributed by atoms with Gasteiger partial charge in [0.25, 0.3) is 0 Å². The first-order chi connectivity index (χ1) is 7.15. The third kappa shape index (κ3) is 3.68. The smallest absolute Gasteiger partial charge is 0.0752 e. The standard InChI is InChI=1S/C10H16BrN3O/c1-7(3-4-15-2)14-10-8(11)5-13-6-9(10)12/h5-7H,3-4,12H2,1-2H3,(H,13,14). The van der Waals surface area contributed by atoms with E-state index in [1.807, 2.05) is 0 Å². The number of methoxy groups -OCH3 is 1. The fourth-order valence-electron chi connectivity index (χ4n) is 1.22. The molecule has 1 rings (SSSR count). The summed E-state index contributed by atoms with van der Waals surface area (Å²) in [4.78, 5) is 3.98. The Bertz CT molecular complexity index is 299. The van der Waals surface area contributed by atoms with E-state index in [4.69, 9.17) is 10.5 Å². The van der Waals surface area contributed by atoms with E-state index in [1.54, 1.807) is 19.5 Å². The molecule has 0 aliphatic carbocycles. The lowest BCUT2D eigenvalue weighted by Gasteiger charge is -2.17. The molecule has 0 saturated heterocycles. The van der Waals surface area contributed by atoms with Crippen molar-refractivity contribution >= 4 is 27.3 Å². The number of hydrogen-bond acceptors (Lipinski definition) is 4. The van der Waals surface area contributed by atoms with Crippen molar-refractivity contribution in [2.75, 3.05) is 24.8 Å². The summed E-state index contributed by atoms with van der Waals surface area (Å²) >= 11 is 3.41. The summed E-state index contributed by atoms with van der Waals surface area (Å²) in [6.45, 7) is 2.82. The van der Waals surface area contributed by atoms with E-state index < -0.39 is 0 Å². The Balaban J connectivity index is 2.63. The molecule has 84 valence electrons. The number of rotatable bonds is 5. The molecule has 4 nitrogen and oxygen atoms in total. The van der Waals surface area contributed by atoms with Gasteiger partial charge < -0.3 is 15.8 Å². The molecule has 1 unspecified atom stereocenters. The largest absolute Gasteiger partial charge is 0.396 e. The molecular weight excluding hydrogens is 258 g/mol. The fourth-order valence-corrected chi connectivity index (χ4v) is 1.68. The zero-order valence-electron chi connectivity index (χ0n) is 8.96. The topological polar surface area (TPSA) is 60.2 Å². The van der Waals surface area contributed by atoms with Gasteiger partial charge in [0.2, 0.25) is 0 Å². The molecule has 1 heterocycles. The van der Waals surface area contributed by atoms with Gasteiger partial charge in [0.15, 0.2) is 0 Å². The molecule has 0 aliphatic heterocycles. The van der Waals surface area contributed by atoms with Crippen molar-refractivity contribution in [3.8, 4) is 0 Å². The van der Waals surface area contributed by atoms with Crippen molar-refractivity contribution in [1.82, 2.24) is 4.98 Å². The number of ether oxygens (including phenoxy) is 1. The molecule has 5 heteroatoms. The molecule has 15 heavy (non-hydrogen) atoms. The van der Waals surface area contributed by atoms with Gasteiger partial charge in [-0.2, -0.15) is 0 Å². The van der Waals surface area contributed by atoms with E-state index in [9.17, 15) is 0 Å². The summed E-state index contributed by atoms with van der Waals surface area (Å²) in [6.07, 6.45) is 4.29. The minimum atomic E-state index is 0.311. The Morgan fingerprint density at radius 1 is 1.60 bits per heavy atom. The number of aromatic nitrogens is 1. The first-order valence-electron chi connectivity index (χ1n) is 4.79. The van der Waals surface area contributed by atoms with Crippen LogP contribution in [0.2, 0.25) is 0 Å². The van der Waals surface area contributed by atoms with E-state index in [-0.39, 0.29) is 0 Å². The second kappa shape index (κ2) is 5.92. The van der Waals surface area contributed by atoms with Gasteiger partial charge in [-0.1, -0.05) is 0 Å². The van der Waals surface area contributed by atoms with Crippen LogP contribution < -0.4 is 11.1 Å². The predicted molar refractivity (Wildman–Crippen MR) is 65.9 cm³/mol. The van der Waals surface area contributed by atoms with Gasteiger partial charge in [-0.05, 0) is 29.3 Å². The summed E-state index contributed by atoms with van der Waals surface area (Å²) in [5.41, 5.74) is 7.36. The highest BCUT2D eigenvalue weighted by Crippen LogP contribution is 2.27. The maximum Gasteiger partial charge on any atom is 0.0752 e. The van der Waals surface area contributed by atoms with Crippen LogP contribution in [-0.4, -0.2) is 24.7 Å². The molecule has 1 aromatic rings. The van der Waals surface area contributed by atoms with Crippen molar-refractivity contribution in [2.45, 2.75) is 19.4 Å². The average molecular weight is 274 g/mol. The van der Waals surface area contributed by atoms with Crippen molar-refractivity contribution < 1.29 is 4.74 Å². The van der Waals surface area contributed by atoms with E-state index in [2.05, 4.69) is 33.2 Å². The fraction of sp³-hybridized carbons (Fsp3) is 0.500. The number of anilines is 2. The van der Waals surface area contributed by atoms with Crippen LogP contribution in [0.3, 0.4) is 0 Å². The third-order valence-corrected chi connectivity index (χ3v) is 2.68. The Labute approximate surface area is 98.3 Å². The Kier molecular flexibility index (Phi) is 4.84. The van der Waals surface area contributed by atoms with E-state index >= 15 is 0 Å². The monoisotopic (exact) mass is 273 g/mol. The molecule has 0 saturated carbocycles. The van der Waals surface area contributed by atoms with E-state index in [0.717, 1.165) is 23.2 Å². The second-order valence-electron chi connectivity index (χ2n) is 3.41. The van der Waals surface area contributed by atoms with Gasteiger partial charge in [0, 0.05) is 26.0 Å². The molecule has 0 aromatic carbocycles. The highest BCUT2D eigenvalue weighted by atomic mass is 79.9. The maximum absolute atomic E-state index is 5.81. The molecule has 0 fully saturated rings. The van der Waals surface area contributed by atoms with Gasteiger partial charge >= 0.3 is 0 Å². The predicted octanol–water partition coefficient (Wildman–Crippen LogP) is 2.26. The van der Waals surface area contributed by atoms with Gasteiger partial charge in [-0.15, -0.1) is 0 Å². The molecule has 0 amide bonds. The highest BCUT2D eigenvalue weighted by Gasteiger charge is 2.08. The van der Waals surface area contributed by atoms with Crippen LogP contribution in [0.1, 0.15) is 13.3 Å². The number of halogens is 1. The minimum absolute atomic E-state index is 0.311. The van der Waals surface area contributed by atoms with Crippen LogP contribution in [0.25, 0.3) is 0 Å². The van der Waals surface area contributed by atoms with Crippen LogP contribution >= 0.6 is 15.9 Å². The number of nitrogens with one attached hydrogen (secondary N) is 1. The number of pyridine rings is 1. The summed E-state index contributed by atoms with van der Waals surface area (Å²) in [5.74, 6) is 0. The van der Waals surface area contributed by atoms with E-state index in [0.29, 0.717) is 11.7 Å². The average Bonchev–Trinajstić information content (AvgIpc) is 2.21. The third-order valence-electron chi connectivity index (χ3n) is 2.07. The van der Waals surface area contributed by atoms with Crippen LogP contribution in [0.15, 0.2) is 16.9 Å². The van der Waals surface area contributed by atoms with Crippen molar-refractivity contribution in [1.29, 1.82) is 0 Å². The normalized spacial score (nSPS) is 12.5. The number of hydrogen-bond donors (Lipinski definition) is 2. The lowest BCUT2D eigenvalue weighted by Crippen LogP contribution is -2.18. The van der Waals surface area contributed by atoms with Crippen LogP contribution in [0.4, 0.5) is 11.4 Å². The second-order valence-corrected chi connectivity index (χ2v) is 4.27. The van der Waals surface area contributed by atoms with E-state index in [1.165, 1.54) is 0 Å². The molecule has 1 aromatic heterocycles. The zero-order chi connectivity index (χ0) is 11.3. The molecule has 0 bridgehead atoms. The maximum atomic E-state index is 5.81. The Hall–Kier alpha value is -0.810. The Morgan fingerprint density at radius 2 is 2.33 bits per heavy atom. The molecule has 3 N–H and O–H groups in total. The summed E-state index contributed by atoms with van der Waals surface area (Å²) < 4.78 is 5.90. The molecule has 0 radical (unpaired) electrons. The SMILES string of the molecule is COCCC(C)Nc1c(N)cncc1Br. The minimum Gasteiger partial charge on any atom is -0.396 e. The lowest BCUT2D eigenvalue weighted by molar-refractivity contribution is 0.191. The summed E-state index contributed by atoms with van der Waals surface area (Å²) in [7, 11) is 1.70. The van der Waals surface area contributed by atoms with Gasteiger partial charge in [-0.25, -0.2) is 0 Å². The lowest BCUT2D eigenvalue weighted by atomic mass is 10.2. The first-order valence-corrected chi connectivity index (χ1v) is 5.59. The van der Waals surface area contributed by atoms with Gasteiger partial charge in [0.05, 0.1) is 22.0 Å². The zero-order valence-corrected chi connectivity index (χ0v) is 10.5. The van der Waals surface area contributed by atoms with Gasteiger partial charge in [0.1, 0.15) is 0 Å². The summed E-state index contributed by atoms with van der Waals surface area (Å²) in [6, 6.07) is 0.311. The van der Waals surface area contributed by atoms with Crippen molar-refractivity contribution in [3.63, 3.8) is 0 Å². The number of nitrogen functional groups attached to an aromatic ring is 1. The first kappa shape index (κ1) is 12.3. The van der Waals surface area contributed by atoms with Crippen molar-refractivity contribution in [3.05, 3.63) is 16.9 Å². The molecule has 0 spiro atoms. The molecule has 0 aliphatic rings. The van der Waals surface area contributed by atoms with Crippen LogP contribution in [-0.2, 0) is 4.74 Å². The van der Waals surface area contributed by atoms with Crippen LogP contribution in [0.5, 0.6) is 0 Å². The number of nitrogens with zero attached hydrogens (tertiary/aromatic N) is 1. The van der Waals surface area contributed by atoms with Crippen molar-refractivity contribution in [2.24, 2.45) is 0 Å². The quantitative estimate of drug-likeness (QED) is 0.864. The summed E-state index contributed by atoms with van der Waals surface area (Å²) in [5, 5.41) is 3.32. The number of nitrogens with two attached hydrogens (primary N) is 1.